The van der Waals surface area contributed by atoms with Gasteiger partial charge in [0.05, 0.1) is 6.61 Å². The monoisotopic (exact) mass is 270 g/mol. The maximum Gasteiger partial charge on any atom is 0.123 e. The fourth-order valence-electron chi connectivity index (χ4n) is 1.51. The first-order valence-corrected chi connectivity index (χ1v) is 6.09. The van der Waals surface area contributed by atoms with E-state index in [2.05, 4.69) is 0 Å². The third-order valence-electron chi connectivity index (χ3n) is 3.17. The summed E-state index contributed by atoms with van der Waals surface area (Å²) in [7, 11) is 1.89. The van der Waals surface area contributed by atoms with Crippen LogP contribution in [-0.4, -0.2) is 34.2 Å². The summed E-state index contributed by atoms with van der Waals surface area (Å²) in [4.78, 5) is 2.15. The molecule has 0 saturated carbocycles. The number of aliphatic hydroxyl groups is 1. The minimum atomic E-state index is -0.359. The van der Waals surface area contributed by atoms with Crippen LogP contribution >= 0.6 is 12.2 Å². The molecule has 0 fully saturated rings. The number of nitrogens with zero attached hydrogens (tertiary/aromatic N) is 1. The van der Waals surface area contributed by atoms with Crippen molar-refractivity contribution in [3.63, 3.8) is 0 Å². The number of thiocarbonyl (C=S) groups is 1. The van der Waals surface area contributed by atoms with E-state index in [9.17, 15) is 9.50 Å². The number of nitrogens with two attached hydrogens (primary N) is 1. The Balaban J connectivity index is 3.01. The van der Waals surface area contributed by atoms with Crippen LogP contribution in [0.2, 0.25) is 0 Å². The topological polar surface area (TPSA) is 49.5 Å². The van der Waals surface area contributed by atoms with E-state index in [1.165, 1.54) is 12.1 Å². The maximum absolute atomic E-state index is 13.2. The highest BCUT2D eigenvalue weighted by molar-refractivity contribution is 7.80. The molecule has 1 aromatic carbocycles. The van der Waals surface area contributed by atoms with Gasteiger partial charge in [0.1, 0.15) is 10.8 Å². The molecule has 0 aliphatic carbocycles. The van der Waals surface area contributed by atoms with Crippen LogP contribution in [-0.2, 0) is 6.54 Å². The SMILES string of the molecule is CN(Cc1ccc(F)cc1C(N)=S)C(C)(C)CO. The molecular weight excluding hydrogens is 251 g/mol. The Morgan fingerprint density at radius 3 is 2.61 bits per heavy atom. The van der Waals surface area contributed by atoms with Crippen molar-refractivity contribution in [1.82, 2.24) is 4.90 Å². The highest BCUT2D eigenvalue weighted by Gasteiger charge is 2.23. The molecule has 0 saturated heterocycles. The third kappa shape index (κ3) is 3.48. The zero-order valence-corrected chi connectivity index (χ0v) is 11.7. The van der Waals surface area contributed by atoms with Crippen molar-refractivity contribution in [2.24, 2.45) is 5.73 Å². The number of rotatable bonds is 5. The van der Waals surface area contributed by atoms with Gasteiger partial charge in [0.2, 0.25) is 0 Å². The minimum absolute atomic E-state index is 0.0348. The molecule has 1 rings (SSSR count). The van der Waals surface area contributed by atoms with Crippen LogP contribution in [0.3, 0.4) is 0 Å². The summed E-state index contributed by atoms with van der Waals surface area (Å²) in [6, 6.07) is 4.40. The number of likely N-dealkylation sites (N-methyl/N-ethyl adjacent to an activating group) is 1. The molecule has 0 unspecified atom stereocenters. The summed E-state index contributed by atoms with van der Waals surface area (Å²) in [5, 5.41) is 9.31. The summed E-state index contributed by atoms with van der Waals surface area (Å²) < 4.78 is 13.2. The van der Waals surface area contributed by atoms with Crippen LogP contribution in [0.15, 0.2) is 18.2 Å². The maximum atomic E-state index is 13.2. The molecule has 1 aromatic rings. The molecule has 3 N–H and O–H groups in total. The first kappa shape index (κ1) is 15.0. The van der Waals surface area contributed by atoms with Crippen molar-refractivity contribution in [3.8, 4) is 0 Å². The Hall–Kier alpha value is -1.04. The Morgan fingerprint density at radius 1 is 1.50 bits per heavy atom. The summed E-state index contributed by atoms with van der Waals surface area (Å²) in [6.45, 7) is 4.43. The fraction of sp³-hybridized carbons (Fsp3) is 0.462. The summed E-state index contributed by atoms with van der Waals surface area (Å²) in [5.74, 6) is -0.356. The summed E-state index contributed by atoms with van der Waals surface area (Å²) in [5.41, 5.74) is 6.64. The molecular formula is C13H19FN2OS. The van der Waals surface area contributed by atoms with Gasteiger partial charge in [0, 0.05) is 17.6 Å². The second-order valence-electron chi connectivity index (χ2n) is 4.99. The van der Waals surface area contributed by atoms with E-state index in [0.29, 0.717) is 12.1 Å². The average molecular weight is 270 g/mol. The number of benzene rings is 1. The largest absolute Gasteiger partial charge is 0.394 e. The molecule has 5 heteroatoms. The van der Waals surface area contributed by atoms with E-state index < -0.39 is 0 Å². The van der Waals surface area contributed by atoms with Crippen LogP contribution in [0, 0.1) is 5.82 Å². The molecule has 0 amide bonds. The molecule has 0 aromatic heterocycles. The number of aliphatic hydroxyl groups excluding tert-OH is 1. The quantitative estimate of drug-likeness (QED) is 0.799. The smallest absolute Gasteiger partial charge is 0.123 e. The lowest BCUT2D eigenvalue weighted by Crippen LogP contribution is -2.43. The summed E-state index contributed by atoms with van der Waals surface area (Å²) >= 11 is 4.93. The average Bonchev–Trinajstić information content (AvgIpc) is 2.31. The first-order chi connectivity index (χ1) is 8.27. The van der Waals surface area contributed by atoms with Crippen LogP contribution in [0.1, 0.15) is 25.0 Å². The van der Waals surface area contributed by atoms with E-state index in [1.54, 1.807) is 6.07 Å². The van der Waals surface area contributed by atoms with Crippen molar-refractivity contribution < 1.29 is 9.50 Å². The molecule has 0 atom stereocenters. The fourth-order valence-corrected chi connectivity index (χ4v) is 1.70. The Kier molecular flexibility index (Phi) is 4.78. The highest BCUT2D eigenvalue weighted by atomic mass is 32.1. The van der Waals surface area contributed by atoms with Gasteiger partial charge in [-0.25, -0.2) is 4.39 Å². The zero-order chi connectivity index (χ0) is 13.9. The predicted molar refractivity (Wildman–Crippen MR) is 74.9 cm³/mol. The molecule has 0 aliphatic heterocycles. The lowest BCUT2D eigenvalue weighted by Gasteiger charge is -2.34. The van der Waals surface area contributed by atoms with Crippen LogP contribution in [0.4, 0.5) is 4.39 Å². The van der Waals surface area contributed by atoms with Gasteiger partial charge in [-0.3, -0.25) is 4.90 Å². The first-order valence-electron chi connectivity index (χ1n) is 5.68. The van der Waals surface area contributed by atoms with Gasteiger partial charge in [-0.15, -0.1) is 0 Å². The molecule has 3 nitrogen and oxygen atoms in total. The second-order valence-corrected chi connectivity index (χ2v) is 5.43. The molecule has 0 aliphatic rings. The van der Waals surface area contributed by atoms with Gasteiger partial charge in [-0.05, 0) is 38.6 Å². The van der Waals surface area contributed by atoms with Gasteiger partial charge in [-0.1, -0.05) is 18.3 Å². The Labute approximate surface area is 112 Å². The molecule has 0 spiro atoms. The Bertz CT molecular complexity index is 449. The van der Waals surface area contributed by atoms with Crippen LogP contribution in [0.25, 0.3) is 0 Å². The van der Waals surface area contributed by atoms with Crippen molar-refractivity contribution >= 4 is 17.2 Å². The van der Waals surface area contributed by atoms with E-state index in [0.717, 1.165) is 5.56 Å². The lowest BCUT2D eigenvalue weighted by molar-refractivity contribution is 0.0733. The molecule has 18 heavy (non-hydrogen) atoms. The summed E-state index contributed by atoms with van der Waals surface area (Å²) in [6.07, 6.45) is 0. The van der Waals surface area contributed by atoms with Crippen molar-refractivity contribution in [2.75, 3.05) is 13.7 Å². The van der Waals surface area contributed by atoms with E-state index in [1.807, 2.05) is 25.8 Å². The van der Waals surface area contributed by atoms with Crippen LogP contribution in [0.5, 0.6) is 0 Å². The number of halogens is 1. The van der Waals surface area contributed by atoms with Crippen molar-refractivity contribution in [2.45, 2.75) is 25.9 Å². The Morgan fingerprint density at radius 2 is 2.11 bits per heavy atom. The highest BCUT2D eigenvalue weighted by Crippen LogP contribution is 2.18. The van der Waals surface area contributed by atoms with Crippen molar-refractivity contribution in [3.05, 3.63) is 35.1 Å². The van der Waals surface area contributed by atoms with Gasteiger partial charge in [0.25, 0.3) is 0 Å². The van der Waals surface area contributed by atoms with Crippen molar-refractivity contribution in [1.29, 1.82) is 0 Å². The van der Waals surface area contributed by atoms with E-state index >= 15 is 0 Å². The second kappa shape index (κ2) is 5.73. The van der Waals surface area contributed by atoms with Gasteiger partial charge >= 0.3 is 0 Å². The molecule has 0 radical (unpaired) electrons. The van der Waals surface area contributed by atoms with Crippen LogP contribution < -0.4 is 5.73 Å². The molecule has 0 heterocycles. The van der Waals surface area contributed by atoms with E-state index in [-0.39, 0.29) is 23.0 Å². The zero-order valence-electron chi connectivity index (χ0n) is 10.9. The standard InChI is InChI=1S/C13H19FN2OS/c1-13(2,8-17)16(3)7-9-4-5-10(14)6-11(9)12(15)18/h4-6,17H,7-8H2,1-3H3,(H2,15,18). The van der Waals surface area contributed by atoms with Gasteiger partial charge < -0.3 is 10.8 Å². The molecule has 100 valence electrons. The predicted octanol–water partition coefficient (Wildman–Crippen LogP) is 1.66. The molecule has 0 bridgehead atoms. The van der Waals surface area contributed by atoms with Gasteiger partial charge in [0.15, 0.2) is 0 Å². The normalized spacial score (nSPS) is 11.9. The van der Waals surface area contributed by atoms with E-state index in [4.69, 9.17) is 18.0 Å². The third-order valence-corrected chi connectivity index (χ3v) is 3.39. The minimum Gasteiger partial charge on any atom is -0.394 e. The number of hydrogen-bond donors (Lipinski definition) is 2. The van der Waals surface area contributed by atoms with Gasteiger partial charge in [-0.2, -0.15) is 0 Å². The number of hydrogen-bond acceptors (Lipinski definition) is 3. The lowest BCUT2D eigenvalue weighted by atomic mass is 10.0.